The van der Waals surface area contributed by atoms with Gasteiger partial charge < -0.3 is 18.9 Å². The summed E-state index contributed by atoms with van der Waals surface area (Å²) in [5.41, 5.74) is 0.622. The van der Waals surface area contributed by atoms with Crippen LogP contribution >= 0.6 is 11.8 Å². The minimum absolute atomic E-state index is 0.0117. The molecule has 2 aromatic carbocycles. The molecule has 4 rings (SSSR count). The molecule has 0 aromatic heterocycles. The molecule has 2 fully saturated rings. The standard InChI is InChI=1S/C11H12O4S.C11H12O3S/c12-11(9-4-2-1-3-5-9)15-8-10-14-6-7-16(10)13;12-11(9-4-2-1-3-5-9)14-8-10-13-6-7-15-10/h1-5,10H,6-8H2;1-5,10H,6-8H2. The first-order valence-electron chi connectivity index (χ1n) is 9.80. The highest BCUT2D eigenvalue weighted by atomic mass is 32.2. The molecule has 3 unspecified atom stereocenters. The second kappa shape index (κ2) is 12.6. The third-order valence-corrected chi connectivity index (χ3v) is 6.77. The minimum atomic E-state index is -1.03. The van der Waals surface area contributed by atoms with Gasteiger partial charge in [0.15, 0.2) is 5.44 Å². The molecule has 0 amide bonds. The number of hydrogen-bond donors (Lipinski definition) is 0. The Bertz CT molecular complexity index is 855. The van der Waals surface area contributed by atoms with E-state index >= 15 is 0 Å². The van der Waals surface area contributed by atoms with Crippen molar-refractivity contribution in [1.82, 2.24) is 0 Å². The summed E-state index contributed by atoms with van der Waals surface area (Å²) in [6.45, 7) is 1.61. The number of benzene rings is 2. The number of thioether (sulfide) groups is 1. The average molecular weight is 465 g/mol. The van der Waals surface area contributed by atoms with Crippen LogP contribution in [0.25, 0.3) is 0 Å². The van der Waals surface area contributed by atoms with Gasteiger partial charge in [-0.3, -0.25) is 4.21 Å². The summed E-state index contributed by atoms with van der Waals surface area (Å²) in [6.07, 6.45) is 0. The SMILES string of the molecule is O=C(OCC1OCCS1)c1ccccc1.O=C(OCC1OCCS1=O)c1ccccc1. The normalized spacial score (nSPS) is 22.3. The number of ether oxygens (including phenoxy) is 4. The zero-order chi connectivity index (χ0) is 21.9. The Labute approximate surface area is 187 Å². The molecule has 2 aliphatic rings. The molecule has 0 saturated carbocycles. The lowest BCUT2D eigenvalue weighted by Gasteiger charge is -2.09. The molecular formula is C22H24O7S2. The van der Waals surface area contributed by atoms with E-state index in [1.807, 2.05) is 24.3 Å². The zero-order valence-corrected chi connectivity index (χ0v) is 18.5. The summed E-state index contributed by atoms with van der Waals surface area (Å²) in [6, 6.07) is 17.7. The first-order valence-corrected chi connectivity index (χ1v) is 12.2. The maximum atomic E-state index is 11.5. The summed E-state index contributed by atoms with van der Waals surface area (Å²) in [5, 5.41) is 0. The van der Waals surface area contributed by atoms with E-state index in [1.54, 1.807) is 48.2 Å². The lowest BCUT2D eigenvalue weighted by Crippen LogP contribution is -2.21. The lowest BCUT2D eigenvalue weighted by atomic mass is 10.2. The van der Waals surface area contributed by atoms with Gasteiger partial charge in [0.25, 0.3) is 0 Å². The maximum absolute atomic E-state index is 11.5. The van der Waals surface area contributed by atoms with E-state index in [9.17, 15) is 13.8 Å². The maximum Gasteiger partial charge on any atom is 0.338 e. The molecule has 2 saturated heterocycles. The molecule has 9 heteroatoms. The van der Waals surface area contributed by atoms with E-state index in [-0.39, 0.29) is 18.0 Å². The lowest BCUT2D eigenvalue weighted by molar-refractivity contribution is 0.0289. The third kappa shape index (κ3) is 7.77. The van der Waals surface area contributed by atoms with Gasteiger partial charge >= 0.3 is 11.9 Å². The van der Waals surface area contributed by atoms with Crippen molar-refractivity contribution in [3.05, 3.63) is 71.8 Å². The molecule has 166 valence electrons. The van der Waals surface area contributed by atoms with Crippen LogP contribution in [0.4, 0.5) is 0 Å². The van der Waals surface area contributed by atoms with Crippen LogP contribution in [0.5, 0.6) is 0 Å². The van der Waals surface area contributed by atoms with Gasteiger partial charge in [-0.2, -0.15) is 0 Å². The van der Waals surface area contributed by atoms with Crippen molar-refractivity contribution >= 4 is 34.5 Å². The minimum Gasteiger partial charge on any atom is -0.458 e. The fourth-order valence-electron chi connectivity index (χ4n) is 2.70. The molecule has 31 heavy (non-hydrogen) atoms. The molecule has 0 aliphatic carbocycles. The van der Waals surface area contributed by atoms with Gasteiger partial charge in [0, 0.05) is 11.5 Å². The van der Waals surface area contributed by atoms with Crippen LogP contribution in [0.2, 0.25) is 0 Å². The van der Waals surface area contributed by atoms with E-state index in [0.29, 0.717) is 30.1 Å². The van der Waals surface area contributed by atoms with E-state index in [1.165, 1.54) is 0 Å². The van der Waals surface area contributed by atoms with Gasteiger partial charge in [-0.25, -0.2) is 9.59 Å². The number of carbonyl (C=O) groups is 2. The van der Waals surface area contributed by atoms with Crippen molar-refractivity contribution in [1.29, 1.82) is 0 Å². The number of carbonyl (C=O) groups excluding carboxylic acids is 2. The predicted molar refractivity (Wildman–Crippen MR) is 118 cm³/mol. The Balaban J connectivity index is 0.000000176. The van der Waals surface area contributed by atoms with Crippen molar-refractivity contribution in [2.75, 3.05) is 37.9 Å². The second-order valence-corrected chi connectivity index (χ2v) is 9.45. The predicted octanol–water partition coefficient (Wildman–Crippen LogP) is 2.88. The highest BCUT2D eigenvalue weighted by Crippen LogP contribution is 2.20. The highest BCUT2D eigenvalue weighted by Gasteiger charge is 2.25. The van der Waals surface area contributed by atoms with Crippen LogP contribution in [0.3, 0.4) is 0 Å². The zero-order valence-electron chi connectivity index (χ0n) is 16.8. The first-order chi connectivity index (χ1) is 15.1. The van der Waals surface area contributed by atoms with E-state index in [2.05, 4.69) is 0 Å². The fourth-order valence-corrected chi connectivity index (χ4v) is 4.50. The van der Waals surface area contributed by atoms with Gasteiger partial charge in [-0.1, -0.05) is 36.4 Å². The van der Waals surface area contributed by atoms with Crippen molar-refractivity contribution in [2.24, 2.45) is 0 Å². The highest BCUT2D eigenvalue weighted by molar-refractivity contribution is 8.00. The molecule has 0 bridgehead atoms. The molecule has 2 heterocycles. The average Bonchev–Trinajstić information content (AvgIpc) is 3.49. The number of rotatable bonds is 6. The molecular weight excluding hydrogens is 440 g/mol. The van der Waals surface area contributed by atoms with Gasteiger partial charge in [0.1, 0.15) is 18.6 Å². The van der Waals surface area contributed by atoms with Crippen LogP contribution < -0.4 is 0 Å². The fraction of sp³-hybridized carbons (Fsp3) is 0.364. The molecule has 7 nitrogen and oxygen atoms in total. The molecule has 3 atom stereocenters. The van der Waals surface area contributed by atoms with Crippen LogP contribution in [0.1, 0.15) is 20.7 Å². The summed E-state index contributed by atoms with van der Waals surface area (Å²) in [5.74, 6) is 0.806. The summed E-state index contributed by atoms with van der Waals surface area (Å²) >= 11 is 1.68. The van der Waals surface area contributed by atoms with Crippen molar-refractivity contribution < 1.29 is 32.7 Å². The van der Waals surface area contributed by atoms with E-state index in [0.717, 1.165) is 12.4 Å². The van der Waals surface area contributed by atoms with E-state index in [4.69, 9.17) is 18.9 Å². The first kappa shape index (κ1) is 23.5. The van der Waals surface area contributed by atoms with Crippen molar-refractivity contribution in [2.45, 2.75) is 10.9 Å². The van der Waals surface area contributed by atoms with Crippen molar-refractivity contribution in [3.63, 3.8) is 0 Å². The van der Waals surface area contributed by atoms with Gasteiger partial charge in [-0.15, -0.1) is 11.8 Å². The van der Waals surface area contributed by atoms with Gasteiger partial charge in [0.05, 0.1) is 35.1 Å². The Morgan fingerprint density at radius 3 is 1.94 bits per heavy atom. The molecule has 0 N–H and O–H groups in total. The Morgan fingerprint density at radius 2 is 1.45 bits per heavy atom. The molecule has 2 aliphatic heterocycles. The van der Waals surface area contributed by atoms with E-state index < -0.39 is 22.2 Å². The Kier molecular flexibility index (Phi) is 9.54. The van der Waals surface area contributed by atoms with Gasteiger partial charge in [-0.05, 0) is 24.3 Å². The van der Waals surface area contributed by atoms with Crippen LogP contribution in [0, 0.1) is 0 Å². The quantitative estimate of drug-likeness (QED) is 0.603. The largest absolute Gasteiger partial charge is 0.458 e. The van der Waals surface area contributed by atoms with Gasteiger partial charge in [0.2, 0.25) is 0 Å². The molecule has 0 radical (unpaired) electrons. The topological polar surface area (TPSA) is 88.1 Å². The van der Waals surface area contributed by atoms with Crippen LogP contribution in [-0.4, -0.2) is 65.0 Å². The summed E-state index contributed by atoms with van der Waals surface area (Å²) < 4.78 is 32.0. The summed E-state index contributed by atoms with van der Waals surface area (Å²) in [7, 11) is -1.03. The molecule has 2 aromatic rings. The Hall–Kier alpha value is -2.20. The monoisotopic (exact) mass is 464 g/mol. The van der Waals surface area contributed by atoms with Crippen LogP contribution in [-0.2, 0) is 29.7 Å². The van der Waals surface area contributed by atoms with Crippen molar-refractivity contribution in [3.8, 4) is 0 Å². The third-order valence-electron chi connectivity index (χ3n) is 4.29. The Morgan fingerprint density at radius 1 is 0.871 bits per heavy atom. The number of esters is 2. The molecule has 0 spiro atoms. The smallest absolute Gasteiger partial charge is 0.338 e. The van der Waals surface area contributed by atoms with Crippen LogP contribution in [0.15, 0.2) is 60.7 Å². The second-order valence-electron chi connectivity index (χ2n) is 6.49. The summed E-state index contributed by atoms with van der Waals surface area (Å²) in [4.78, 5) is 23.0. The number of hydrogen-bond acceptors (Lipinski definition) is 8.